The van der Waals surface area contributed by atoms with E-state index in [9.17, 15) is 0 Å². The topological polar surface area (TPSA) is 68.0 Å². The summed E-state index contributed by atoms with van der Waals surface area (Å²) in [6.07, 6.45) is 1.93. The van der Waals surface area contributed by atoms with Crippen molar-refractivity contribution < 1.29 is 0 Å². The monoisotopic (exact) mass is 210 g/mol. The van der Waals surface area contributed by atoms with Gasteiger partial charge in [0, 0.05) is 7.05 Å². The van der Waals surface area contributed by atoms with Crippen LogP contribution in [0.5, 0.6) is 0 Å². The van der Waals surface area contributed by atoms with Crippen molar-refractivity contribution in [2.45, 2.75) is 12.1 Å². The van der Waals surface area contributed by atoms with Gasteiger partial charge in [-0.3, -0.25) is 0 Å². The van der Waals surface area contributed by atoms with Gasteiger partial charge in [0.2, 0.25) is 5.95 Å². The van der Waals surface area contributed by atoms with E-state index in [0.717, 1.165) is 0 Å². The third-order valence-corrected chi connectivity index (χ3v) is 2.25. The quantitative estimate of drug-likeness (QED) is 0.732. The van der Waals surface area contributed by atoms with Crippen LogP contribution in [-0.4, -0.2) is 37.9 Å². The first-order valence-corrected chi connectivity index (χ1v) is 5.30. The normalized spacial score (nSPS) is 10.8. The summed E-state index contributed by atoms with van der Waals surface area (Å²) in [5.41, 5.74) is 0. The zero-order valence-electron chi connectivity index (χ0n) is 8.14. The van der Waals surface area contributed by atoms with Crippen LogP contribution in [0, 0.1) is 6.92 Å². The molecular weight excluding hydrogens is 200 g/mol. The molecule has 2 aromatic rings. The van der Waals surface area contributed by atoms with Gasteiger partial charge in [-0.15, -0.1) is 5.10 Å². The van der Waals surface area contributed by atoms with E-state index in [0.29, 0.717) is 22.7 Å². The number of nitrogens with one attached hydrogen (secondary N) is 1. The molecule has 74 valence electrons. The van der Waals surface area contributed by atoms with Gasteiger partial charge >= 0.3 is 0 Å². The standard InChI is InChI=1S/C7H10N6S/c1-4-9-6-11-7(14-3)10-5(8-2)13(6)12-4/h1-3H3,(H,8,9,10,11,12). The first-order valence-electron chi connectivity index (χ1n) is 4.07. The Morgan fingerprint density at radius 3 is 2.71 bits per heavy atom. The summed E-state index contributed by atoms with van der Waals surface area (Å²) in [6.45, 7) is 1.83. The largest absolute Gasteiger partial charge is 0.357 e. The van der Waals surface area contributed by atoms with Crippen molar-refractivity contribution in [1.29, 1.82) is 0 Å². The van der Waals surface area contributed by atoms with E-state index in [4.69, 9.17) is 0 Å². The number of anilines is 1. The van der Waals surface area contributed by atoms with E-state index in [1.165, 1.54) is 11.8 Å². The molecule has 0 spiro atoms. The molecule has 0 atom stereocenters. The molecule has 0 fully saturated rings. The van der Waals surface area contributed by atoms with Crippen LogP contribution in [0.15, 0.2) is 5.16 Å². The molecule has 2 rings (SSSR count). The Labute approximate surface area is 85.2 Å². The molecule has 2 aromatic heterocycles. The van der Waals surface area contributed by atoms with E-state index in [1.54, 1.807) is 11.6 Å². The summed E-state index contributed by atoms with van der Waals surface area (Å²) in [6, 6.07) is 0. The fourth-order valence-electron chi connectivity index (χ4n) is 1.12. The second-order valence-electron chi connectivity index (χ2n) is 2.65. The molecule has 6 nitrogen and oxygen atoms in total. The van der Waals surface area contributed by atoms with Crippen LogP contribution >= 0.6 is 11.8 Å². The molecule has 0 unspecified atom stereocenters. The second-order valence-corrected chi connectivity index (χ2v) is 3.43. The van der Waals surface area contributed by atoms with Gasteiger partial charge in [-0.25, -0.2) is 0 Å². The van der Waals surface area contributed by atoms with Crippen molar-refractivity contribution in [3.05, 3.63) is 5.82 Å². The van der Waals surface area contributed by atoms with Crippen LogP contribution in [0.2, 0.25) is 0 Å². The minimum Gasteiger partial charge on any atom is -0.357 e. The number of hydrogen-bond acceptors (Lipinski definition) is 6. The number of fused-ring (bicyclic) bond motifs is 1. The predicted octanol–water partition coefficient (Wildman–Crippen LogP) is 0.591. The van der Waals surface area contributed by atoms with Gasteiger partial charge < -0.3 is 5.32 Å². The lowest BCUT2D eigenvalue weighted by atomic mass is 10.8. The fourth-order valence-corrected chi connectivity index (χ4v) is 1.47. The number of thioether (sulfide) groups is 1. The second kappa shape index (κ2) is 3.41. The van der Waals surface area contributed by atoms with Crippen LogP contribution < -0.4 is 5.32 Å². The summed E-state index contributed by atoms with van der Waals surface area (Å²) in [5, 5.41) is 7.81. The zero-order chi connectivity index (χ0) is 10.1. The van der Waals surface area contributed by atoms with E-state index < -0.39 is 0 Å². The summed E-state index contributed by atoms with van der Waals surface area (Å²) < 4.78 is 1.59. The fraction of sp³-hybridized carbons (Fsp3) is 0.429. The minimum absolute atomic E-state index is 0.575. The van der Waals surface area contributed by atoms with Crippen LogP contribution in [0.25, 0.3) is 5.78 Å². The van der Waals surface area contributed by atoms with Gasteiger partial charge in [-0.1, -0.05) is 11.8 Å². The van der Waals surface area contributed by atoms with Crippen LogP contribution in [0.4, 0.5) is 5.95 Å². The van der Waals surface area contributed by atoms with Crippen molar-refractivity contribution in [2.75, 3.05) is 18.6 Å². The highest BCUT2D eigenvalue weighted by molar-refractivity contribution is 7.98. The molecule has 0 bridgehead atoms. The van der Waals surface area contributed by atoms with E-state index in [-0.39, 0.29) is 0 Å². The van der Waals surface area contributed by atoms with E-state index in [2.05, 4.69) is 25.4 Å². The average molecular weight is 210 g/mol. The van der Waals surface area contributed by atoms with Gasteiger partial charge in [0.05, 0.1) is 0 Å². The summed E-state index contributed by atoms with van der Waals surface area (Å²) in [7, 11) is 1.79. The van der Waals surface area contributed by atoms with Gasteiger partial charge in [-0.2, -0.15) is 19.5 Å². The Morgan fingerprint density at radius 1 is 1.29 bits per heavy atom. The molecule has 0 aliphatic carbocycles. The highest BCUT2D eigenvalue weighted by atomic mass is 32.2. The van der Waals surface area contributed by atoms with E-state index >= 15 is 0 Å². The maximum Gasteiger partial charge on any atom is 0.258 e. The van der Waals surface area contributed by atoms with Crippen LogP contribution in [0.1, 0.15) is 5.82 Å². The third kappa shape index (κ3) is 1.39. The highest BCUT2D eigenvalue weighted by Gasteiger charge is 2.08. The number of aromatic nitrogens is 5. The maximum absolute atomic E-state index is 4.25. The molecule has 7 heteroatoms. The van der Waals surface area contributed by atoms with Crippen molar-refractivity contribution >= 4 is 23.5 Å². The van der Waals surface area contributed by atoms with E-state index in [1.807, 2.05) is 13.2 Å². The lowest BCUT2D eigenvalue weighted by molar-refractivity contribution is 0.835. The average Bonchev–Trinajstić information content (AvgIpc) is 2.56. The molecule has 0 saturated carbocycles. The number of hydrogen-bond donors (Lipinski definition) is 1. The van der Waals surface area contributed by atoms with Crippen LogP contribution in [0.3, 0.4) is 0 Å². The lowest BCUT2D eigenvalue weighted by Crippen LogP contribution is -2.05. The van der Waals surface area contributed by atoms with Crippen molar-refractivity contribution in [1.82, 2.24) is 24.6 Å². The molecule has 14 heavy (non-hydrogen) atoms. The van der Waals surface area contributed by atoms with Gasteiger partial charge in [0.25, 0.3) is 5.78 Å². The SMILES string of the molecule is CNc1nc(SC)nc2nc(C)nn12. The Kier molecular flexibility index (Phi) is 2.24. The number of rotatable bonds is 2. The molecule has 0 radical (unpaired) electrons. The van der Waals surface area contributed by atoms with Crippen molar-refractivity contribution in [2.24, 2.45) is 0 Å². The summed E-state index contributed by atoms with van der Waals surface area (Å²) >= 11 is 1.48. The van der Waals surface area contributed by atoms with Gasteiger partial charge in [0.1, 0.15) is 5.82 Å². The van der Waals surface area contributed by atoms with Crippen molar-refractivity contribution in [3.8, 4) is 0 Å². The number of nitrogens with zero attached hydrogens (tertiary/aromatic N) is 5. The molecule has 0 aliphatic rings. The molecule has 0 saturated heterocycles. The Morgan fingerprint density at radius 2 is 2.07 bits per heavy atom. The summed E-state index contributed by atoms with van der Waals surface area (Å²) in [5.74, 6) is 1.92. The molecule has 0 aromatic carbocycles. The first-order chi connectivity index (χ1) is 6.74. The molecule has 2 heterocycles. The van der Waals surface area contributed by atoms with Crippen molar-refractivity contribution in [3.63, 3.8) is 0 Å². The predicted molar refractivity (Wildman–Crippen MR) is 54.6 cm³/mol. The van der Waals surface area contributed by atoms with Gasteiger partial charge in [0.15, 0.2) is 5.16 Å². The minimum atomic E-state index is 0.575. The third-order valence-electron chi connectivity index (χ3n) is 1.70. The zero-order valence-corrected chi connectivity index (χ0v) is 8.96. The Hall–Kier alpha value is -1.37. The molecule has 1 N–H and O–H groups in total. The highest BCUT2D eigenvalue weighted by Crippen LogP contribution is 2.13. The van der Waals surface area contributed by atoms with Crippen LogP contribution in [-0.2, 0) is 0 Å². The summed E-state index contributed by atoms with van der Waals surface area (Å²) in [4.78, 5) is 12.7. The Bertz CT molecular complexity index is 464. The lowest BCUT2D eigenvalue weighted by Gasteiger charge is -2.02. The smallest absolute Gasteiger partial charge is 0.258 e. The molecule has 0 aliphatic heterocycles. The maximum atomic E-state index is 4.25. The molecule has 0 amide bonds. The number of aryl methyl sites for hydroxylation is 1. The Balaban J connectivity index is 2.72. The molecular formula is C7H10N6S. The first kappa shape index (κ1) is 9.20. The van der Waals surface area contributed by atoms with Gasteiger partial charge in [-0.05, 0) is 13.2 Å².